The fraction of sp³-hybridized carbons (Fsp3) is 0.333. The van der Waals surface area contributed by atoms with Crippen LogP contribution in [0.15, 0.2) is 29.8 Å². The molecule has 0 bridgehead atoms. The minimum Gasteiger partial charge on any atom is -0.328 e. The van der Waals surface area contributed by atoms with Gasteiger partial charge in [-0.25, -0.2) is 4.98 Å². The summed E-state index contributed by atoms with van der Waals surface area (Å²) in [6.07, 6.45) is 0. The van der Waals surface area contributed by atoms with Gasteiger partial charge in [-0.15, -0.1) is 23.1 Å². The highest BCUT2D eigenvalue weighted by Crippen LogP contribution is 2.31. The third kappa shape index (κ3) is 2.84. The van der Waals surface area contributed by atoms with E-state index in [2.05, 4.69) is 11.1 Å². The van der Waals surface area contributed by atoms with Crippen LogP contribution in [-0.2, 0) is 0 Å². The number of thiazole rings is 1. The van der Waals surface area contributed by atoms with Crippen molar-refractivity contribution in [2.24, 2.45) is 5.73 Å². The largest absolute Gasteiger partial charge is 0.328 e. The molecule has 2 N–H and O–H groups in total. The fourth-order valence-corrected chi connectivity index (χ4v) is 4.34. The van der Waals surface area contributed by atoms with Crippen molar-refractivity contribution < 1.29 is 4.79 Å². The maximum absolute atomic E-state index is 12.8. The van der Waals surface area contributed by atoms with Gasteiger partial charge in [-0.1, -0.05) is 29.8 Å². The van der Waals surface area contributed by atoms with E-state index in [0.29, 0.717) is 12.2 Å². The summed E-state index contributed by atoms with van der Waals surface area (Å²) in [5.74, 6) is 0.936. The van der Waals surface area contributed by atoms with Crippen LogP contribution in [-0.4, -0.2) is 40.0 Å². The molecule has 1 aliphatic heterocycles. The second-order valence-corrected chi connectivity index (χ2v) is 7.10. The summed E-state index contributed by atoms with van der Waals surface area (Å²) in [5.41, 5.74) is 10.3. The summed E-state index contributed by atoms with van der Waals surface area (Å²) < 4.78 is 0. The molecule has 1 atom stereocenters. The number of amides is 1. The molecular formula is C15H17N3OS2. The van der Waals surface area contributed by atoms with Gasteiger partial charge >= 0.3 is 0 Å². The molecule has 110 valence electrons. The molecule has 1 amide bonds. The Bertz CT molecular complexity index is 656. The zero-order valence-corrected chi connectivity index (χ0v) is 13.4. The summed E-state index contributed by atoms with van der Waals surface area (Å²) in [7, 11) is 0. The lowest BCUT2D eigenvalue weighted by atomic mass is 10.1. The lowest BCUT2D eigenvalue weighted by Crippen LogP contribution is -2.39. The smallest absolute Gasteiger partial charge is 0.274 e. The van der Waals surface area contributed by atoms with Crippen molar-refractivity contribution in [1.29, 1.82) is 0 Å². The van der Waals surface area contributed by atoms with Crippen LogP contribution in [0.25, 0.3) is 10.4 Å². The second-order valence-electron chi connectivity index (χ2n) is 4.96. The molecule has 0 aliphatic carbocycles. The van der Waals surface area contributed by atoms with Gasteiger partial charge in [-0.05, 0) is 12.5 Å². The molecule has 4 nitrogen and oxygen atoms in total. The fourth-order valence-electron chi connectivity index (χ4n) is 2.47. The van der Waals surface area contributed by atoms with Gasteiger partial charge in [0, 0.05) is 18.8 Å². The summed E-state index contributed by atoms with van der Waals surface area (Å²) in [6.45, 7) is 3.28. The van der Waals surface area contributed by atoms with Crippen LogP contribution < -0.4 is 5.73 Å². The number of hydrogen-bond acceptors (Lipinski definition) is 5. The molecule has 0 spiro atoms. The first-order chi connectivity index (χ1) is 10.2. The van der Waals surface area contributed by atoms with E-state index < -0.39 is 0 Å². The Labute approximate surface area is 132 Å². The van der Waals surface area contributed by atoms with Gasteiger partial charge in [0.2, 0.25) is 0 Å². The molecule has 0 saturated carbocycles. The van der Waals surface area contributed by atoms with E-state index >= 15 is 0 Å². The summed E-state index contributed by atoms with van der Waals surface area (Å²) >= 11 is 3.25. The van der Waals surface area contributed by atoms with E-state index in [1.54, 1.807) is 17.3 Å². The molecule has 0 radical (unpaired) electrons. The standard InChI is InChI=1S/C15H17N3OS2/c1-10-3-2-4-11(7-10)14-13(17-9-21-14)15(19)18-5-6-20-12(18)8-16/h2-4,7,9,12H,5-6,8,16H2,1H3. The van der Waals surface area contributed by atoms with Crippen LogP contribution in [0, 0.1) is 6.92 Å². The van der Waals surface area contributed by atoms with E-state index in [-0.39, 0.29) is 11.3 Å². The number of nitrogens with two attached hydrogens (primary N) is 1. The summed E-state index contributed by atoms with van der Waals surface area (Å²) in [6, 6.07) is 8.17. The molecule has 2 aromatic rings. The zero-order chi connectivity index (χ0) is 14.8. The van der Waals surface area contributed by atoms with Crippen LogP contribution in [0.5, 0.6) is 0 Å². The van der Waals surface area contributed by atoms with Crippen LogP contribution in [0.1, 0.15) is 16.1 Å². The van der Waals surface area contributed by atoms with Crippen molar-refractivity contribution in [3.63, 3.8) is 0 Å². The van der Waals surface area contributed by atoms with Gasteiger partial charge in [-0.3, -0.25) is 4.79 Å². The lowest BCUT2D eigenvalue weighted by Gasteiger charge is -2.22. The van der Waals surface area contributed by atoms with Crippen molar-refractivity contribution in [2.45, 2.75) is 12.3 Å². The van der Waals surface area contributed by atoms with Crippen molar-refractivity contribution in [3.05, 3.63) is 41.0 Å². The quantitative estimate of drug-likeness (QED) is 0.945. The highest BCUT2D eigenvalue weighted by Gasteiger charge is 2.31. The number of rotatable bonds is 3. The number of nitrogens with zero attached hydrogens (tertiary/aromatic N) is 2. The SMILES string of the molecule is Cc1cccc(-c2scnc2C(=O)N2CCSC2CN)c1. The molecule has 21 heavy (non-hydrogen) atoms. The van der Waals surface area contributed by atoms with E-state index in [1.165, 1.54) is 16.9 Å². The van der Waals surface area contributed by atoms with Crippen molar-refractivity contribution in [1.82, 2.24) is 9.88 Å². The molecule has 1 aromatic carbocycles. The zero-order valence-electron chi connectivity index (χ0n) is 11.8. The van der Waals surface area contributed by atoms with E-state index in [0.717, 1.165) is 22.7 Å². The Kier molecular flexibility index (Phi) is 4.28. The molecular weight excluding hydrogens is 302 g/mol. The monoisotopic (exact) mass is 319 g/mol. The first-order valence-corrected chi connectivity index (χ1v) is 8.76. The number of benzene rings is 1. The average Bonchev–Trinajstić information content (AvgIpc) is 3.15. The third-order valence-corrected chi connectivity index (χ3v) is 5.63. The Morgan fingerprint density at radius 1 is 1.52 bits per heavy atom. The molecule has 1 fully saturated rings. The highest BCUT2D eigenvalue weighted by molar-refractivity contribution is 8.00. The van der Waals surface area contributed by atoms with E-state index in [1.807, 2.05) is 30.0 Å². The van der Waals surface area contributed by atoms with Crippen molar-refractivity contribution in [2.75, 3.05) is 18.8 Å². The lowest BCUT2D eigenvalue weighted by molar-refractivity contribution is 0.0760. The van der Waals surface area contributed by atoms with Gasteiger partial charge in [0.05, 0.1) is 15.8 Å². The number of carbonyl (C=O) groups is 1. The number of hydrogen-bond donors (Lipinski definition) is 1. The van der Waals surface area contributed by atoms with Crippen LogP contribution >= 0.6 is 23.1 Å². The van der Waals surface area contributed by atoms with Crippen molar-refractivity contribution in [3.8, 4) is 10.4 Å². The molecule has 6 heteroatoms. The third-order valence-electron chi connectivity index (χ3n) is 3.50. The van der Waals surface area contributed by atoms with Gasteiger partial charge in [0.15, 0.2) is 0 Å². The minimum absolute atomic E-state index is 0.00629. The maximum atomic E-state index is 12.8. The highest BCUT2D eigenvalue weighted by atomic mass is 32.2. The van der Waals surface area contributed by atoms with Crippen LogP contribution in [0.3, 0.4) is 0 Å². The maximum Gasteiger partial charge on any atom is 0.274 e. The number of thioether (sulfide) groups is 1. The van der Waals surface area contributed by atoms with Crippen molar-refractivity contribution >= 4 is 29.0 Å². The van der Waals surface area contributed by atoms with E-state index in [4.69, 9.17) is 5.73 Å². The molecule has 1 saturated heterocycles. The Morgan fingerprint density at radius 2 is 2.38 bits per heavy atom. The minimum atomic E-state index is -0.00629. The normalized spacial score (nSPS) is 18.2. The Balaban J connectivity index is 1.94. The molecule has 2 heterocycles. The van der Waals surface area contributed by atoms with Crippen LogP contribution in [0.4, 0.5) is 0 Å². The first-order valence-electron chi connectivity index (χ1n) is 6.84. The van der Waals surface area contributed by atoms with Gasteiger partial charge in [0.1, 0.15) is 5.69 Å². The average molecular weight is 319 g/mol. The summed E-state index contributed by atoms with van der Waals surface area (Å²) in [5, 5.41) is 0.0737. The molecule has 1 unspecified atom stereocenters. The topological polar surface area (TPSA) is 59.2 Å². The first kappa shape index (κ1) is 14.6. The molecule has 1 aromatic heterocycles. The number of aryl methyl sites for hydroxylation is 1. The molecule has 3 rings (SSSR count). The van der Waals surface area contributed by atoms with Gasteiger partial charge in [0.25, 0.3) is 5.91 Å². The van der Waals surface area contributed by atoms with Crippen LogP contribution in [0.2, 0.25) is 0 Å². The predicted octanol–water partition coefficient (Wildman–Crippen LogP) is 2.59. The Morgan fingerprint density at radius 3 is 3.14 bits per heavy atom. The number of aromatic nitrogens is 1. The number of carbonyl (C=O) groups excluding carboxylic acids is 1. The van der Waals surface area contributed by atoms with Gasteiger partial charge in [-0.2, -0.15) is 0 Å². The van der Waals surface area contributed by atoms with Gasteiger partial charge < -0.3 is 10.6 Å². The Hall–Kier alpha value is -1.37. The summed E-state index contributed by atoms with van der Waals surface area (Å²) in [4.78, 5) is 19.9. The molecule has 1 aliphatic rings. The van der Waals surface area contributed by atoms with E-state index in [9.17, 15) is 4.79 Å². The second kappa shape index (κ2) is 6.17. The predicted molar refractivity (Wildman–Crippen MR) is 88.6 cm³/mol.